The minimum absolute atomic E-state index is 0.0113. The SMILES string of the molecule is O=C(/C=C/c1ccc2c(c1)OCO2)Nc1nc(-c2cccc([N+](=O)[O-])c2)cs1. The van der Waals surface area contributed by atoms with Crippen LogP contribution < -0.4 is 14.8 Å². The number of aromatic nitrogens is 1. The third kappa shape index (κ3) is 3.84. The van der Waals surface area contributed by atoms with Crippen LogP contribution in [-0.4, -0.2) is 22.6 Å². The van der Waals surface area contributed by atoms with Gasteiger partial charge in [0.1, 0.15) is 0 Å². The van der Waals surface area contributed by atoms with Gasteiger partial charge >= 0.3 is 0 Å². The molecule has 0 radical (unpaired) electrons. The number of non-ortho nitro benzene ring substituents is 1. The minimum atomic E-state index is -0.459. The highest BCUT2D eigenvalue weighted by atomic mass is 32.1. The molecule has 4 rings (SSSR count). The number of nitro groups is 1. The zero-order valence-electron chi connectivity index (χ0n) is 14.3. The summed E-state index contributed by atoms with van der Waals surface area (Å²) in [6.07, 6.45) is 3.05. The van der Waals surface area contributed by atoms with E-state index in [1.165, 1.54) is 29.5 Å². The smallest absolute Gasteiger partial charge is 0.270 e. The van der Waals surface area contributed by atoms with E-state index in [1.807, 2.05) is 6.07 Å². The van der Waals surface area contributed by atoms with Gasteiger partial charge in [-0.3, -0.25) is 20.2 Å². The lowest BCUT2D eigenvalue weighted by molar-refractivity contribution is -0.384. The zero-order valence-corrected chi connectivity index (χ0v) is 15.1. The lowest BCUT2D eigenvalue weighted by Crippen LogP contribution is -2.07. The summed E-state index contributed by atoms with van der Waals surface area (Å²) in [5.74, 6) is 0.986. The zero-order chi connectivity index (χ0) is 19.5. The Morgan fingerprint density at radius 2 is 2.07 bits per heavy atom. The molecule has 2 heterocycles. The predicted molar refractivity (Wildman–Crippen MR) is 104 cm³/mol. The molecule has 1 aliphatic heterocycles. The second-order valence-electron chi connectivity index (χ2n) is 5.78. The molecule has 0 bridgehead atoms. The van der Waals surface area contributed by atoms with Gasteiger partial charge in [0.2, 0.25) is 12.7 Å². The molecule has 1 aliphatic rings. The third-order valence-corrected chi connectivity index (χ3v) is 4.67. The topological polar surface area (TPSA) is 104 Å². The van der Waals surface area contributed by atoms with Gasteiger partial charge in [0.15, 0.2) is 16.6 Å². The molecular formula is C19H13N3O5S. The van der Waals surface area contributed by atoms with Crippen molar-refractivity contribution in [1.82, 2.24) is 4.98 Å². The van der Waals surface area contributed by atoms with Crippen LogP contribution in [0.1, 0.15) is 5.56 Å². The van der Waals surface area contributed by atoms with Crippen LogP contribution in [0.4, 0.5) is 10.8 Å². The van der Waals surface area contributed by atoms with Crippen molar-refractivity contribution in [3.63, 3.8) is 0 Å². The van der Waals surface area contributed by atoms with Crippen LogP contribution in [0.2, 0.25) is 0 Å². The molecule has 0 aliphatic carbocycles. The maximum absolute atomic E-state index is 12.1. The van der Waals surface area contributed by atoms with Crippen molar-refractivity contribution in [1.29, 1.82) is 0 Å². The Bertz CT molecular complexity index is 1090. The molecule has 8 nitrogen and oxygen atoms in total. The number of amides is 1. The number of fused-ring (bicyclic) bond motifs is 1. The average molecular weight is 395 g/mol. The molecule has 9 heteroatoms. The molecule has 1 N–H and O–H groups in total. The number of benzene rings is 2. The second-order valence-corrected chi connectivity index (χ2v) is 6.64. The molecule has 28 heavy (non-hydrogen) atoms. The molecule has 1 amide bonds. The van der Waals surface area contributed by atoms with E-state index in [0.717, 1.165) is 5.56 Å². The molecule has 0 saturated carbocycles. The second kappa shape index (κ2) is 7.49. The quantitative estimate of drug-likeness (QED) is 0.396. The van der Waals surface area contributed by atoms with Gasteiger partial charge < -0.3 is 9.47 Å². The molecule has 3 aromatic rings. The number of nitrogens with zero attached hydrogens (tertiary/aromatic N) is 2. The highest BCUT2D eigenvalue weighted by molar-refractivity contribution is 7.14. The van der Waals surface area contributed by atoms with E-state index in [0.29, 0.717) is 27.9 Å². The largest absolute Gasteiger partial charge is 0.454 e. The normalized spacial score (nSPS) is 12.3. The van der Waals surface area contributed by atoms with E-state index in [1.54, 1.807) is 35.7 Å². The van der Waals surface area contributed by atoms with Gasteiger partial charge in [0, 0.05) is 29.2 Å². The number of nitro benzene ring substituents is 1. The first-order valence-electron chi connectivity index (χ1n) is 8.17. The fraction of sp³-hybridized carbons (Fsp3) is 0.0526. The van der Waals surface area contributed by atoms with E-state index >= 15 is 0 Å². The van der Waals surface area contributed by atoms with Crippen molar-refractivity contribution in [3.8, 4) is 22.8 Å². The lowest BCUT2D eigenvalue weighted by Gasteiger charge is -1.99. The number of thiazole rings is 1. The summed E-state index contributed by atoms with van der Waals surface area (Å²) in [7, 11) is 0. The van der Waals surface area contributed by atoms with Crippen LogP contribution in [0.5, 0.6) is 11.5 Å². The molecule has 0 saturated heterocycles. The Morgan fingerprint density at radius 1 is 1.21 bits per heavy atom. The maximum atomic E-state index is 12.1. The Balaban J connectivity index is 1.43. The number of carbonyl (C=O) groups is 1. The van der Waals surface area contributed by atoms with E-state index in [-0.39, 0.29) is 18.4 Å². The highest BCUT2D eigenvalue weighted by Gasteiger charge is 2.13. The highest BCUT2D eigenvalue weighted by Crippen LogP contribution is 2.33. The Hall–Kier alpha value is -3.72. The summed E-state index contributed by atoms with van der Waals surface area (Å²) in [6, 6.07) is 11.6. The minimum Gasteiger partial charge on any atom is -0.454 e. The van der Waals surface area contributed by atoms with Crippen LogP contribution in [-0.2, 0) is 4.79 Å². The summed E-state index contributed by atoms with van der Waals surface area (Å²) in [6.45, 7) is 0.194. The summed E-state index contributed by atoms with van der Waals surface area (Å²) in [5, 5.41) is 15.7. The standard InChI is InChI=1S/C19H13N3O5S/c23-18(7-5-12-4-6-16-17(8-12)27-11-26-16)21-19-20-15(10-28-19)13-2-1-3-14(9-13)22(24)25/h1-10H,11H2,(H,20,21,23)/b7-5+. The van der Waals surface area contributed by atoms with Gasteiger partial charge in [-0.25, -0.2) is 4.98 Å². The Labute approximate surface area is 163 Å². The molecule has 0 fully saturated rings. The van der Waals surface area contributed by atoms with Crippen molar-refractivity contribution >= 4 is 34.1 Å². The first-order valence-corrected chi connectivity index (χ1v) is 9.05. The van der Waals surface area contributed by atoms with Crippen LogP contribution in [0.3, 0.4) is 0 Å². The molecule has 2 aromatic carbocycles. The molecule has 1 aromatic heterocycles. The number of hydrogen-bond donors (Lipinski definition) is 1. The predicted octanol–water partition coefficient (Wildman–Crippen LogP) is 4.10. The van der Waals surface area contributed by atoms with Gasteiger partial charge in [-0.05, 0) is 23.8 Å². The first kappa shape index (κ1) is 17.7. The van der Waals surface area contributed by atoms with Crippen LogP contribution >= 0.6 is 11.3 Å². The molecular weight excluding hydrogens is 382 g/mol. The summed E-state index contributed by atoms with van der Waals surface area (Å²) in [4.78, 5) is 26.9. The lowest BCUT2D eigenvalue weighted by atomic mass is 10.1. The van der Waals surface area contributed by atoms with Crippen molar-refractivity contribution in [2.75, 3.05) is 12.1 Å². The number of rotatable bonds is 5. The number of carbonyl (C=O) groups excluding carboxylic acids is 1. The van der Waals surface area contributed by atoms with Crippen molar-refractivity contribution in [3.05, 3.63) is 69.6 Å². The molecule has 0 spiro atoms. The van der Waals surface area contributed by atoms with Crippen molar-refractivity contribution in [2.45, 2.75) is 0 Å². The maximum Gasteiger partial charge on any atom is 0.270 e. The number of nitrogens with one attached hydrogen (secondary N) is 1. The number of anilines is 1. The first-order chi connectivity index (χ1) is 13.6. The molecule has 0 atom stereocenters. The van der Waals surface area contributed by atoms with Crippen LogP contribution in [0, 0.1) is 10.1 Å². The van der Waals surface area contributed by atoms with Crippen molar-refractivity contribution < 1.29 is 19.2 Å². The van der Waals surface area contributed by atoms with Gasteiger partial charge in [-0.1, -0.05) is 18.2 Å². The fourth-order valence-corrected chi connectivity index (χ4v) is 3.30. The molecule has 140 valence electrons. The molecule has 0 unspecified atom stereocenters. The van der Waals surface area contributed by atoms with E-state index in [2.05, 4.69) is 10.3 Å². The fourth-order valence-electron chi connectivity index (χ4n) is 2.58. The Kier molecular flexibility index (Phi) is 4.73. The monoisotopic (exact) mass is 395 g/mol. The van der Waals surface area contributed by atoms with E-state index < -0.39 is 4.92 Å². The van der Waals surface area contributed by atoms with E-state index in [4.69, 9.17) is 9.47 Å². The third-order valence-electron chi connectivity index (χ3n) is 3.91. The van der Waals surface area contributed by atoms with Crippen LogP contribution in [0.15, 0.2) is 53.9 Å². The van der Waals surface area contributed by atoms with Gasteiger partial charge in [0.25, 0.3) is 5.69 Å². The van der Waals surface area contributed by atoms with Crippen molar-refractivity contribution in [2.24, 2.45) is 0 Å². The van der Waals surface area contributed by atoms with E-state index in [9.17, 15) is 14.9 Å². The summed E-state index contributed by atoms with van der Waals surface area (Å²) < 4.78 is 10.5. The average Bonchev–Trinajstić information content (AvgIpc) is 3.35. The van der Waals surface area contributed by atoms with Gasteiger partial charge in [-0.2, -0.15) is 0 Å². The van der Waals surface area contributed by atoms with Crippen LogP contribution in [0.25, 0.3) is 17.3 Å². The summed E-state index contributed by atoms with van der Waals surface area (Å²) in [5.41, 5.74) is 1.96. The van der Waals surface area contributed by atoms with Gasteiger partial charge in [-0.15, -0.1) is 11.3 Å². The number of hydrogen-bond acceptors (Lipinski definition) is 7. The van der Waals surface area contributed by atoms with Gasteiger partial charge in [0.05, 0.1) is 10.6 Å². The summed E-state index contributed by atoms with van der Waals surface area (Å²) >= 11 is 1.24. The number of ether oxygens (including phenoxy) is 2. The Morgan fingerprint density at radius 3 is 2.93 bits per heavy atom.